The summed E-state index contributed by atoms with van der Waals surface area (Å²) in [6, 6.07) is 11.5. The highest BCUT2D eigenvalue weighted by molar-refractivity contribution is 5.94. The lowest BCUT2D eigenvalue weighted by Crippen LogP contribution is -2.58. The second kappa shape index (κ2) is 15.5. The van der Waals surface area contributed by atoms with Gasteiger partial charge in [0.1, 0.15) is 18.1 Å². The van der Waals surface area contributed by atoms with Crippen LogP contribution in [0.25, 0.3) is 10.9 Å². The van der Waals surface area contributed by atoms with E-state index in [1.807, 2.05) is 24.3 Å². The summed E-state index contributed by atoms with van der Waals surface area (Å²) in [5.41, 5.74) is 13.6. The maximum atomic E-state index is 13.4. The van der Waals surface area contributed by atoms with E-state index in [1.54, 1.807) is 36.5 Å². The topological polar surface area (TPSA) is 213 Å². The van der Waals surface area contributed by atoms with Crippen molar-refractivity contribution in [1.82, 2.24) is 20.9 Å². The molecular weight excluding hydrogens is 528 g/mol. The van der Waals surface area contributed by atoms with Crippen molar-refractivity contribution in [3.05, 3.63) is 71.9 Å². The molecule has 0 bridgehead atoms. The summed E-state index contributed by atoms with van der Waals surface area (Å²) in [4.78, 5) is 54.2. The molecule has 10 N–H and O–H groups in total. The van der Waals surface area contributed by atoms with Crippen molar-refractivity contribution in [2.75, 3.05) is 13.2 Å². The van der Waals surface area contributed by atoms with Gasteiger partial charge < -0.3 is 42.6 Å². The standard InChI is InChI=1S/C29H38N6O6/c30-13-7-6-11-21(31)26(37)35-25(17-36)28(39)33-23(14-18-8-2-1-3-9-18)27(38)34-24(29(40)41)15-19-16-32-22-12-5-4-10-20(19)22/h1-5,8-10,12,16,21,23-25,32,36H,6-7,11,13-15,17,30-31H2,(H,33,39)(H,34,38)(H,35,37)(H,40,41). The number of carbonyl (C=O) groups excluding carboxylic acids is 3. The number of carbonyl (C=O) groups is 4. The molecule has 3 rings (SSSR count). The van der Waals surface area contributed by atoms with Gasteiger partial charge in [-0.05, 0) is 36.6 Å². The normalized spacial score (nSPS) is 14.0. The molecular formula is C29H38N6O6. The third-order valence-electron chi connectivity index (χ3n) is 6.75. The highest BCUT2D eigenvalue weighted by atomic mass is 16.4. The number of hydrogen-bond acceptors (Lipinski definition) is 7. The van der Waals surface area contributed by atoms with Crippen molar-refractivity contribution in [1.29, 1.82) is 0 Å². The molecule has 1 aromatic heterocycles. The number of carboxylic acids is 1. The van der Waals surface area contributed by atoms with Crippen molar-refractivity contribution in [3.63, 3.8) is 0 Å². The van der Waals surface area contributed by atoms with Crippen molar-refractivity contribution < 1.29 is 29.4 Å². The van der Waals surface area contributed by atoms with Gasteiger partial charge in [0, 0.05) is 29.9 Å². The molecule has 41 heavy (non-hydrogen) atoms. The number of nitrogens with two attached hydrogens (primary N) is 2. The summed E-state index contributed by atoms with van der Waals surface area (Å²) in [6.45, 7) is -0.267. The second-order valence-electron chi connectivity index (χ2n) is 9.85. The summed E-state index contributed by atoms with van der Waals surface area (Å²) < 4.78 is 0. The average molecular weight is 567 g/mol. The lowest BCUT2D eigenvalue weighted by atomic mass is 10.0. The number of nitrogens with one attached hydrogen (secondary N) is 4. The van der Waals surface area contributed by atoms with Gasteiger partial charge in [-0.2, -0.15) is 0 Å². The zero-order valence-corrected chi connectivity index (χ0v) is 22.7. The van der Waals surface area contributed by atoms with Gasteiger partial charge in [-0.25, -0.2) is 4.79 Å². The van der Waals surface area contributed by atoms with Gasteiger partial charge in [-0.15, -0.1) is 0 Å². The van der Waals surface area contributed by atoms with Crippen LogP contribution < -0.4 is 27.4 Å². The molecule has 4 unspecified atom stereocenters. The molecule has 0 spiro atoms. The van der Waals surface area contributed by atoms with E-state index in [9.17, 15) is 29.4 Å². The Kier molecular flexibility index (Phi) is 11.8. The molecule has 3 aromatic rings. The molecule has 12 heteroatoms. The maximum Gasteiger partial charge on any atom is 0.326 e. The smallest absolute Gasteiger partial charge is 0.326 e. The van der Waals surface area contributed by atoms with E-state index in [-0.39, 0.29) is 12.8 Å². The predicted octanol–water partition coefficient (Wildman–Crippen LogP) is -0.0593. The maximum absolute atomic E-state index is 13.4. The van der Waals surface area contributed by atoms with Gasteiger partial charge in [0.05, 0.1) is 12.6 Å². The molecule has 0 fully saturated rings. The third-order valence-corrected chi connectivity index (χ3v) is 6.75. The number of H-pyrrole nitrogens is 1. The Balaban J connectivity index is 1.73. The Labute approximate surface area is 237 Å². The van der Waals surface area contributed by atoms with Gasteiger partial charge in [0.15, 0.2) is 0 Å². The first-order valence-corrected chi connectivity index (χ1v) is 13.5. The van der Waals surface area contributed by atoms with Gasteiger partial charge >= 0.3 is 5.97 Å². The van der Waals surface area contributed by atoms with E-state index >= 15 is 0 Å². The summed E-state index contributed by atoms with van der Waals surface area (Å²) in [6.07, 6.45) is 3.43. The van der Waals surface area contributed by atoms with Crippen LogP contribution in [0.1, 0.15) is 30.4 Å². The largest absolute Gasteiger partial charge is 0.480 e. The van der Waals surface area contributed by atoms with E-state index in [2.05, 4.69) is 20.9 Å². The van der Waals surface area contributed by atoms with Gasteiger partial charge in [-0.3, -0.25) is 14.4 Å². The number of aliphatic hydroxyl groups excluding tert-OH is 1. The van der Waals surface area contributed by atoms with Crippen molar-refractivity contribution in [2.24, 2.45) is 11.5 Å². The number of aliphatic hydroxyl groups is 1. The van der Waals surface area contributed by atoms with Crippen LogP contribution in [0.4, 0.5) is 0 Å². The number of aromatic nitrogens is 1. The van der Waals surface area contributed by atoms with Crippen molar-refractivity contribution in [3.8, 4) is 0 Å². The van der Waals surface area contributed by atoms with Crippen molar-refractivity contribution >= 4 is 34.6 Å². The number of carboxylic acid groups (broad SMARTS) is 1. The molecule has 3 amide bonds. The molecule has 12 nitrogen and oxygen atoms in total. The van der Waals surface area contributed by atoms with Gasteiger partial charge in [-0.1, -0.05) is 55.0 Å². The van der Waals surface area contributed by atoms with Crippen LogP contribution in [0.3, 0.4) is 0 Å². The summed E-state index contributed by atoms with van der Waals surface area (Å²) >= 11 is 0. The molecule has 0 aliphatic rings. The van der Waals surface area contributed by atoms with Crippen LogP contribution >= 0.6 is 0 Å². The second-order valence-corrected chi connectivity index (χ2v) is 9.85. The minimum Gasteiger partial charge on any atom is -0.480 e. The van der Waals surface area contributed by atoms with Crippen LogP contribution in [0, 0.1) is 0 Å². The lowest BCUT2D eigenvalue weighted by molar-refractivity contribution is -0.142. The first-order chi connectivity index (χ1) is 19.7. The number of rotatable bonds is 16. The minimum absolute atomic E-state index is 0.00839. The van der Waals surface area contributed by atoms with Gasteiger partial charge in [0.25, 0.3) is 0 Å². The average Bonchev–Trinajstić information content (AvgIpc) is 3.38. The number of para-hydroxylation sites is 1. The molecule has 0 radical (unpaired) electrons. The zero-order valence-electron chi connectivity index (χ0n) is 22.7. The Morgan fingerprint density at radius 1 is 0.805 bits per heavy atom. The fraction of sp³-hybridized carbons (Fsp3) is 0.379. The number of unbranched alkanes of at least 4 members (excludes halogenated alkanes) is 1. The number of aliphatic carboxylic acids is 1. The van der Waals surface area contributed by atoms with Gasteiger partial charge in [0.2, 0.25) is 17.7 Å². The molecule has 0 saturated heterocycles. The monoisotopic (exact) mass is 566 g/mol. The molecule has 0 saturated carbocycles. The highest BCUT2D eigenvalue weighted by Crippen LogP contribution is 2.19. The third kappa shape index (κ3) is 9.13. The van der Waals surface area contributed by atoms with Crippen LogP contribution in [0.5, 0.6) is 0 Å². The Morgan fingerprint density at radius 3 is 2.12 bits per heavy atom. The number of amides is 3. The Hall–Kier alpha value is -4.26. The fourth-order valence-corrected chi connectivity index (χ4v) is 4.44. The fourth-order valence-electron chi connectivity index (χ4n) is 4.44. The zero-order chi connectivity index (χ0) is 29.8. The molecule has 220 valence electrons. The molecule has 1 heterocycles. The molecule has 0 aliphatic carbocycles. The molecule has 0 aliphatic heterocycles. The SMILES string of the molecule is NCCCCC(N)C(=O)NC(CO)C(=O)NC(Cc1ccccc1)C(=O)NC(Cc1c[nH]c2ccccc12)C(=O)O. The first-order valence-electron chi connectivity index (χ1n) is 13.5. The van der Waals surface area contributed by atoms with Crippen LogP contribution in [-0.2, 0) is 32.0 Å². The predicted molar refractivity (Wildman–Crippen MR) is 154 cm³/mol. The minimum atomic E-state index is -1.37. The van der Waals surface area contributed by atoms with Crippen molar-refractivity contribution in [2.45, 2.75) is 56.3 Å². The van der Waals surface area contributed by atoms with E-state index in [4.69, 9.17) is 11.5 Å². The number of benzene rings is 2. The summed E-state index contributed by atoms with van der Waals surface area (Å²) in [5, 5.41) is 28.1. The van der Waals surface area contributed by atoms with Crippen LogP contribution in [0.2, 0.25) is 0 Å². The van der Waals surface area contributed by atoms with E-state index in [1.165, 1.54) is 0 Å². The Morgan fingerprint density at radius 2 is 1.44 bits per heavy atom. The number of fused-ring (bicyclic) bond motifs is 1. The number of aromatic amines is 1. The summed E-state index contributed by atoms with van der Waals surface area (Å²) in [5.74, 6) is -3.40. The quantitative estimate of drug-likeness (QED) is 0.110. The van der Waals surface area contributed by atoms with E-state index < -0.39 is 54.5 Å². The lowest BCUT2D eigenvalue weighted by Gasteiger charge is -2.24. The molecule has 2 aromatic carbocycles. The highest BCUT2D eigenvalue weighted by Gasteiger charge is 2.30. The van der Waals surface area contributed by atoms with E-state index in [0.29, 0.717) is 36.9 Å². The summed E-state index contributed by atoms with van der Waals surface area (Å²) in [7, 11) is 0. The first kappa shape index (κ1) is 31.3. The Bertz CT molecular complexity index is 1310. The van der Waals surface area contributed by atoms with E-state index in [0.717, 1.165) is 10.9 Å². The van der Waals surface area contributed by atoms with Crippen LogP contribution in [-0.4, -0.2) is 76.2 Å². The number of hydrogen-bond donors (Lipinski definition) is 8. The molecule has 4 atom stereocenters. The van der Waals surface area contributed by atoms with Crippen LogP contribution in [0.15, 0.2) is 60.8 Å².